The number of hydrogen-bond acceptors (Lipinski definition) is 6. The van der Waals surface area contributed by atoms with E-state index in [4.69, 9.17) is 14.5 Å². The van der Waals surface area contributed by atoms with Crippen molar-refractivity contribution in [3.8, 4) is 11.5 Å². The van der Waals surface area contributed by atoms with E-state index in [9.17, 15) is 0 Å². The summed E-state index contributed by atoms with van der Waals surface area (Å²) in [6.07, 6.45) is 0.808. The standard InChI is InChI=1S/C16H21N3O2S/c1-20-14-4-3-12(10-15(14)21-2)9-13-11-22-16(18-13)19-7-5-17-6-8-19/h3-4,10-11,17H,5-9H2,1-2H3. The van der Waals surface area contributed by atoms with Gasteiger partial charge in [-0.15, -0.1) is 11.3 Å². The van der Waals surface area contributed by atoms with E-state index < -0.39 is 0 Å². The van der Waals surface area contributed by atoms with Crippen molar-refractivity contribution in [2.45, 2.75) is 6.42 Å². The quantitative estimate of drug-likeness (QED) is 0.915. The monoisotopic (exact) mass is 319 g/mol. The fourth-order valence-electron chi connectivity index (χ4n) is 2.58. The van der Waals surface area contributed by atoms with Crippen LogP contribution in [0.4, 0.5) is 5.13 Å². The van der Waals surface area contributed by atoms with Crippen molar-refractivity contribution in [1.29, 1.82) is 0 Å². The number of aromatic nitrogens is 1. The summed E-state index contributed by atoms with van der Waals surface area (Å²) < 4.78 is 10.6. The van der Waals surface area contributed by atoms with Gasteiger partial charge in [0.05, 0.1) is 19.9 Å². The van der Waals surface area contributed by atoms with Crippen LogP contribution in [-0.2, 0) is 6.42 Å². The van der Waals surface area contributed by atoms with Gasteiger partial charge >= 0.3 is 0 Å². The van der Waals surface area contributed by atoms with Gasteiger partial charge in [-0.05, 0) is 17.7 Å². The van der Waals surface area contributed by atoms with E-state index in [0.717, 1.165) is 54.9 Å². The zero-order valence-corrected chi connectivity index (χ0v) is 13.8. The third-order valence-electron chi connectivity index (χ3n) is 3.76. The molecule has 3 rings (SSSR count). The predicted octanol–water partition coefficient (Wildman–Crippen LogP) is 2.16. The Morgan fingerprint density at radius 2 is 1.95 bits per heavy atom. The third kappa shape index (κ3) is 3.34. The molecule has 0 saturated carbocycles. The van der Waals surface area contributed by atoms with Crippen LogP contribution in [0.2, 0.25) is 0 Å². The number of thiazole rings is 1. The largest absolute Gasteiger partial charge is 0.493 e. The summed E-state index contributed by atoms with van der Waals surface area (Å²) >= 11 is 1.72. The number of nitrogens with one attached hydrogen (secondary N) is 1. The van der Waals surface area contributed by atoms with Crippen molar-refractivity contribution < 1.29 is 9.47 Å². The molecule has 1 aliphatic rings. The molecule has 1 fully saturated rings. The topological polar surface area (TPSA) is 46.6 Å². The highest BCUT2D eigenvalue weighted by Crippen LogP contribution is 2.29. The molecule has 1 N–H and O–H groups in total. The first-order valence-electron chi connectivity index (χ1n) is 7.41. The van der Waals surface area contributed by atoms with Gasteiger partial charge in [0, 0.05) is 38.0 Å². The highest BCUT2D eigenvalue weighted by atomic mass is 32.1. The molecule has 6 heteroatoms. The van der Waals surface area contributed by atoms with E-state index in [1.54, 1.807) is 25.6 Å². The minimum atomic E-state index is 0.756. The molecule has 1 aromatic heterocycles. The summed E-state index contributed by atoms with van der Waals surface area (Å²) in [5.41, 5.74) is 2.28. The summed E-state index contributed by atoms with van der Waals surface area (Å²) in [5, 5.41) is 6.63. The van der Waals surface area contributed by atoms with Crippen LogP contribution in [0, 0.1) is 0 Å². The van der Waals surface area contributed by atoms with E-state index >= 15 is 0 Å². The Balaban J connectivity index is 1.72. The molecule has 0 atom stereocenters. The molecule has 2 aromatic rings. The molecule has 22 heavy (non-hydrogen) atoms. The van der Waals surface area contributed by atoms with Gasteiger partial charge in [0.1, 0.15) is 0 Å². The Morgan fingerprint density at radius 1 is 1.18 bits per heavy atom. The smallest absolute Gasteiger partial charge is 0.185 e. The SMILES string of the molecule is COc1ccc(Cc2csc(N3CCNCC3)n2)cc1OC. The molecule has 1 aliphatic heterocycles. The van der Waals surface area contributed by atoms with Gasteiger partial charge < -0.3 is 19.7 Å². The number of anilines is 1. The second-order valence-electron chi connectivity index (χ2n) is 5.22. The lowest BCUT2D eigenvalue weighted by Gasteiger charge is -2.26. The van der Waals surface area contributed by atoms with Gasteiger partial charge in [-0.3, -0.25) is 0 Å². The van der Waals surface area contributed by atoms with Crippen LogP contribution in [0.25, 0.3) is 0 Å². The number of methoxy groups -OCH3 is 2. The van der Waals surface area contributed by atoms with Crippen LogP contribution < -0.4 is 19.7 Å². The maximum absolute atomic E-state index is 5.36. The molecule has 2 heterocycles. The van der Waals surface area contributed by atoms with Gasteiger partial charge in [0.2, 0.25) is 0 Å². The van der Waals surface area contributed by atoms with Crippen LogP contribution in [-0.4, -0.2) is 45.4 Å². The molecule has 0 spiro atoms. The fraction of sp³-hybridized carbons (Fsp3) is 0.438. The van der Waals surface area contributed by atoms with Gasteiger partial charge in [-0.25, -0.2) is 4.98 Å². The molecule has 5 nitrogen and oxygen atoms in total. The van der Waals surface area contributed by atoms with Gasteiger partial charge in [-0.2, -0.15) is 0 Å². The summed E-state index contributed by atoms with van der Waals surface area (Å²) in [7, 11) is 3.31. The average molecular weight is 319 g/mol. The van der Waals surface area contributed by atoms with Crippen molar-refractivity contribution in [3.05, 3.63) is 34.8 Å². The summed E-state index contributed by atoms with van der Waals surface area (Å²) in [6.45, 7) is 4.13. The molecule has 118 valence electrons. The molecular formula is C16H21N3O2S. The minimum Gasteiger partial charge on any atom is -0.493 e. The molecule has 0 bridgehead atoms. The molecule has 0 aliphatic carbocycles. The first-order chi connectivity index (χ1) is 10.8. The lowest BCUT2D eigenvalue weighted by Crippen LogP contribution is -2.43. The number of hydrogen-bond donors (Lipinski definition) is 1. The highest BCUT2D eigenvalue weighted by Gasteiger charge is 2.14. The van der Waals surface area contributed by atoms with Crippen molar-refractivity contribution in [3.63, 3.8) is 0 Å². The van der Waals surface area contributed by atoms with E-state index in [2.05, 4.69) is 21.7 Å². The lowest BCUT2D eigenvalue weighted by molar-refractivity contribution is 0.354. The van der Waals surface area contributed by atoms with E-state index in [1.807, 2.05) is 12.1 Å². The Kier molecular flexibility index (Phi) is 4.80. The average Bonchev–Trinajstić information content (AvgIpc) is 3.04. The van der Waals surface area contributed by atoms with E-state index in [0.29, 0.717) is 0 Å². The van der Waals surface area contributed by atoms with Gasteiger partial charge in [0.25, 0.3) is 0 Å². The van der Waals surface area contributed by atoms with Crippen LogP contribution in [0.15, 0.2) is 23.6 Å². The third-order valence-corrected chi connectivity index (χ3v) is 4.71. The Bertz CT molecular complexity index is 624. The number of piperazine rings is 1. The first-order valence-corrected chi connectivity index (χ1v) is 8.29. The fourth-order valence-corrected chi connectivity index (χ4v) is 3.46. The molecular weight excluding hydrogens is 298 g/mol. The van der Waals surface area contributed by atoms with Crippen LogP contribution >= 0.6 is 11.3 Å². The normalized spacial score (nSPS) is 14.9. The van der Waals surface area contributed by atoms with Crippen molar-refractivity contribution in [2.24, 2.45) is 0 Å². The van der Waals surface area contributed by atoms with E-state index in [-0.39, 0.29) is 0 Å². The zero-order chi connectivity index (χ0) is 15.4. The van der Waals surface area contributed by atoms with Gasteiger partial charge in [-0.1, -0.05) is 6.07 Å². The summed E-state index contributed by atoms with van der Waals surface area (Å²) in [5.74, 6) is 1.52. The first kappa shape index (κ1) is 15.1. The van der Waals surface area contributed by atoms with Crippen LogP contribution in [0.1, 0.15) is 11.3 Å². The Morgan fingerprint density at radius 3 is 2.68 bits per heavy atom. The van der Waals surface area contributed by atoms with Gasteiger partial charge in [0.15, 0.2) is 16.6 Å². The maximum Gasteiger partial charge on any atom is 0.185 e. The second-order valence-corrected chi connectivity index (χ2v) is 6.06. The highest BCUT2D eigenvalue weighted by molar-refractivity contribution is 7.13. The number of rotatable bonds is 5. The molecule has 1 aromatic carbocycles. The maximum atomic E-state index is 5.36. The van der Waals surface area contributed by atoms with Crippen LogP contribution in [0.3, 0.4) is 0 Å². The van der Waals surface area contributed by atoms with Crippen molar-refractivity contribution in [2.75, 3.05) is 45.3 Å². The molecule has 0 radical (unpaired) electrons. The van der Waals surface area contributed by atoms with Crippen LogP contribution in [0.5, 0.6) is 11.5 Å². The molecule has 0 amide bonds. The van der Waals surface area contributed by atoms with Crippen molar-refractivity contribution >= 4 is 16.5 Å². The molecule has 0 unspecified atom stereocenters. The second kappa shape index (κ2) is 6.98. The Hall–Kier alpha value is -1.79. The number of ether oxygens (including phenoxy) is 2. The molecule has 1 saturated heterocycles. The minimum absolute atomic E-state index is 0.756. The summed E-state index contributed by atoms with van der Waals surface area (Å²) in [4.78, 5) is 7.12. The summed E-state index contributed by atoms with van der Waals surface area (Å²) in [6, 6.07) is 6.02. The van der Waals surface area contributed by atoms with Crippen molar-refractivity contribution in [1.82, 2.24) is 10.3 Å². The number of nitrogens with zero attached hydrogens (tertiary/aromatic N) is 2. The lowest BCUT2D eigenvalue weighted by atomic mass is 10.1. The van der Waals surface area contributed by atoms with E-state index in [1.165, 1.54) is 5.56 Å². The number of benzene rings is 1. The Labute approximate surface area is 134 Å². The predicted molar refractivity (Wildman–Crippen MR) is 89.5 cm³/mol. The zero-order valence-electron chi connectivity index (χ0n) is 13.0.